The molecule has 0 aromatic heterocycles. The van der Waals surface area contributed by atoms with Gasteiger partial charge in [-0.3, -0.25) is 4.18 Å². The van der Waals surface area contributed by atoms with Gasteiger partial charge < -0.3 is 4.74 Å². The fourth-order valence-electron chi connectivity index (χ4n) is 1.23. The molecule has 1 aliphatic rings. The zero-order valence-corrected chi connectivity index (χ0v) is 8.13. The fourth-order valence-corrected chi connectivity index (χ4v) is 1.96. The second kappa shape index (κ2) is 3.72. The van der Waals surface area contributed by atoms with E-state index in [2.05, 4.69) is 0 Å². The average molecular weight is 194 g/mol. The van der Waals surface area contributed by atoms with Gasteiger partial charge in [-0.2, -0.15) is 8.42 Å². The van der Waals surface area contributed by atoms with Gasteiger partial charge in [-0.05, 0) is 6.42 Å². The van der Waals surface area contributed by atoms with Crippen molar-refractivity contribution in [1.29, 1.82) is 0 Å². The SMILES string of the molecule is C[C@H]1COCC[C@@H]1OS(C)(=O)=O. The molecule has 5 heteroatoms. The van der Waals surface area contributed by atoms with Crippen molar-refractivity contribution in [3.63, 3.8) is 0 Å². The Kier molecular flexibility index (Phi) is 3.09. The van der Waals surface area contributed by atoms with E-state index in [4.69, 9.17) is 8.92 Å². The summed E-state index contributed by atoms with van der Waals surface area (Å²) >= 11 is 0. The number of hydrogen-bond acceptors (Lipinski definition) is 4. The van der Waals surface area contributed by atoms with Crippen molar-refractivity contribution in [3.05, 3.63) is 0 Å². The Balaban J connectivity index is 2.50. The molecule has 1 heterocycles. The second-order valence-electron chi connectivity index (χ2n) is 3.18. The molecule has 0 aromatic carbocycles. The van der Waals surface area contributed by atoms with Crippen molar-refractivity contribution in [2.75, 3.05) is 19.5 Å². The molecule has 0 spiro atoms. The van der Waals surface area contributed by atoms with E-state index in [0.29, 0.717) is 19.6 Å². The van der Waals surface area contributed by atoms with Gasteiger partial charge in [0.2, 0.25) is 0 Å². The van der Waals surface area contributed by atoms with E-state index in [1.165, 1.54) is 0 Å². The first-order valence-corrected chi connectivity index (χ1v) is 5.76. The highest BCUT2D eigenvalue weighted by atomic mass is 32.2. The minimum absolute atomic E-state index is 0.161. The zero-order valence-electron chi connectivity index (χ0n) is 7.32. The molecule has 0 unspecified atom stereocenters. The highest BCUT2D eigenvalue weighted by Gasteiger charge is 2.25. The number of rotatable bonds is 2. The molecule has 2 atom stereocenters. The molecule has 0 radical (unpaired) electrons. The van der Waals surface area contributed by atoms with Gasteiger partial charge in [0, 0.05) is 12.5 Å². The molecule has 1 aliphatic heterocycles. The van der Waals surface area contributed by atoms with Gasteiger partial charge in [0.05, 0.1) is 19.0 Å². The monoisotopic (exact) mass is 194 g/mol. The van der Waals surface area contributed by atoms with Gasteiger partial charge in [0.1, 0.15) is 0 Å². The first-order valence-electron chi connectivity index (χ1n) is 3.95. The lowest BCUT2D eigenvalue weighted by atomic mass is 10.0. The number of hydrogen-bond donors (Lipinski definition) is 0. The number of ether oxygens (including phenoxy) is 1. The lowest BCUT2D eigenvalue weighted by Crippen LogP contribution is -2.33. The van der Waals surface area contributed by atoms with Crippen LogP contribution in [0, 0.1) is 5.92 Å². The first-order chi connectivity index (χ1) is 5.49. The van der Waals surface area contributed by atoms with Crippen LogP contribution >= 0.6 is 0 Å². The Morgan fingerprint density at radius 1 is 1.50 bits per heavy atom. The summed E-state index contributed by atoms with van der Waals surface area (Å²) < 4.78 is 31.6. The highest BCUT2D eigenvalue weighted by molar-refractivity contribution is 7.86. The largest absolute Gasteiger partial charge is 0.381 e. The van der Waals surface area contributed by atoms with E-state index >= 15 is 0 Å². The van der Waals surface area contributed by atoms with Crippen molar-refractivity contribution in [2.24, 2.45) is 5.92 Å². The van der Waals surface area contributed by atoms with E-state index in [-0.39, 0.29) is 12.0 Å². The maximum absolute atomic E-state index is 10.8. The Morgan fingerprint density at radius 3 is 2.67 bits per heavy atom. The summed E-state index contributed by atoms with van der Waals surface area (Å²) in [4.78, 5) is 0. The molecule has 1 saturated heterocycles. The topological polar surface area (TPSA) is 52.6 Å². The Hall–Kier alpha value is -0.130. The highest BCUT2D eigenvalue weighted by Crippen LogP contribution is 2.18. The molecule has 4 nitrogen and oxygen atoms in total. The van der Waals surface area contributed by atoms with Crippen LogP contribution in [0.15, 0.2) is 0 Å². The van der Waals surface area contributed by atoms with Crippen LogP contribution in [-0.2, 0) is 19.0 Å². The minimum Gasteiger partial charge on any atom is -0.381 e. The second-order valence-corrected chi connectivity index (χ2v) is 4.78. The molecule has 0 saturated carbocycles. The average Bonchev–Trinajstić information content (AvgIpc) is 1.91. The van der Waals surface area contributed by atoms with Gasteiger partial charge in [-0.25, -0.2) is 0 Å². The molecule has 12 heavy (non-hydrogen) atoms. The molecule has 0 amide bonds. The lowest BCUT2D eigenvalue weighted by molar-refractivity contribution is -0.0133. The summed E-state index contributed by atoms with van der Waals surface area (Å²) in [6.07, 6.45) is 1.54. The third-order valence-electron chi connectivity index (χ3n) is 1.86. The van der Waals surface area contributed by atoms with Crippen molar-refractivity contribution in [2.45, 2.75) is 19.4 Å². The summed E-state index contributed by atoms with van der Waals surface area (Å²) in [5.41, 5.74) is 0. The normalized spacial score (nSPS) is 31.8. The first kappa shape index (κ1) is 9.95. The van der Waals surface area contributed by atoms with E-state index in [1.807, 2.05) is 6.92 Å². The predicted molar refractivity (Wildman–Crippen MR) is 44.3 cm³/mol. The smallest absolute Gasteiger partial charge is 0.264 e. The third-order valence-corrected chi connectivity index (χ3v) is 2.46. The van der Waals surface area contributed by atoms with Crippen LogP contribution in [0.4, 0.5) is 0 Å². The van der Waals surface area contributed by atoms with Gasteiger partial charge in [-0.15, -0.1) is 0 Å². The van der Waals surface area contributed by atoms with Crippen molar-refractivity contribution in [1.82, 2.24) is 0 Å². The lowest BCUT2D eigenvalue weighted by Gasteiger charge is -2.27. The van der Waals surface area contributed by atoms with Gasteiger partial charge in [0.15, 0.2) is 0 Å². The Morgan fingerprint density at radius 2 is 2.17 bits per heavy atom. The molecular weight excluding hydrogens is 180 g/mol. The van der Waals surface area contributed by atoms with E-state index < -0.39 is 10.1 Å². The van der Waals surface area contributed by atoms with Crippen LogP contribution < -0.4 is 0 Å². The summed E-state index contributed by atoms with van der Waals surface area (Å²) in [6.45, 7) is 3.10. The fraction of sp³-hybridized carbons (Fsp3) is 1.00. The Bertz CT molecular complexity index is 234. The van der Waals surface area contributed by atoms with E-state index in [9.17, 15) is 8.42 Å². The van der Waals surface area contributed by atoms with Crippen LogP contribution in [0.3, 0.4) is 0 Å². The molecule has 1 fully saturated rings. The van der Waals surface area contributed by atoms with Crippen LogP contribution in [0.2, 0.25) is 0 Å². The predicted octanol–water partition coefficient (Wildman–Crippen LogP) is 0.388. The maximum atomic E-state index is 10.8. The van der Waals surface area contributed by atoms with Crippen molar-refractivity contribution >= 4 is 10.1 Å². The summed E-state index contributed by atoms with van der Waals surface area (Å²) in [5, 5.41) is 0. The van der Waals surface area contributed by atoms with Crippen LogP contribution in [0.25, 0.3) is 0 Å². The molecule has 72 valence electrons. The quantitative estimate of drug-likeness (QED) is 0.597. The van der Waals surface area contributed by atoms with E-state index in [0.717, 1.165) is 6.26 Å². The van der Waals surface area contributed by atoms with Gasteiger partial charge >= 0.3 is 0 Å². The molecule has 0 aliphatic carbocycles. The molecule has 0 N–H and O–H groups in total. The van der Waals surface area contributed by atoms with Crippen LogP contribution in [0.1, 0.15) is 13.3 Å². The summed E-state index contributed by atoms with van der Waals surface area (Å²) in [5.74, 6) is 0.161. The van der Waals surface area contributed by atoms with Gasteiger partial charge in [0.25, 0.3) is 10.1 Å². The molecule has 0 aromatic rings. The molecule has 1 rings (SSSR count). The van der Waals surface area contributed by atoms with Crippen LogP contribution in [-0.4, -0.2) is 34.0 Å². The van der Waals surface area contributed by atoms with E-state index in [1.54, 1.807) is 0 Å². The van der Waals surface area contributed by atoms with Gasteiger partial charge in [-0.1, -0.05) is 6.92 Å². The Labute approximate surface area is 73.0 Å². The maximum Gasteiger partial charge on any atom is 0.264 e. The summed E-state index contributed by atoms with van der Waals surface area (Å²) in [7, 11) is -3.31. The zero-order chi connectivity index (χ0) is 9.19. The molecular formula is C7H14O4S. The molecule has 0 bridgehead atoms. The van der Waals surface area contributed by atoms with Crippen LogP contribution in [0.5, 0.6) is 0 Å². The minimum atomic E-state index is -3.31. The third kappa shape index (κ3) is 3.08. The van der Waals surface area contributed by atoms with Crippen molar-refractivity contribution < 1.29 is 17.3 Å². The standard InChI is InChI=1S/C7H14O4S/c1-6-5-10-4-3-7(6)11-12(2,8)9/h6-7H,3-5H2,1-2H3/t6-,7-/m0/s1. The van der Waals surface area contributed by atoms with Crippen molar-refractivity contribution in [3.8, 4) is 0 Å². The summed E-state index contributed by atoms with van der Waals surface area (Å²) in [6, 6.07) is 0.